The summed E-state index contributed by atoms with van der Waals surface area (Å²) in [5, 5.41) is 0. The van der Waals surface area contributed by atoms with Crippen molar-refractivity contribution in [2.75, 3.05) is 13.1 Å². The number of hydrogen-bond donors (Lipinski definition) is 1. The molecule has 0 saturated carbocycles. The molecule has 1 N–H and O–H groups in total. The van der Waals surface area contributed by atoms with Crippen LogP contribution in [0.25, 0.3) is 11.0 Å². The van der Waals surface area contributed by atoms with E-state index in [1.54, 1.807) is 6.07 Å². The molecule has 0 unspecified atom stereocenters. The van der Waals surface area contributed by atoms with Gasteiger partial charge in [-0.25, -0.2) is 9.37 Å². The molecule has 0 bridgehead atoms. The second-order valence-corrected chi connectivity index (χ2v) is 6.40. The fourth-order valence-electron chi connectivity index (χ4n) is 3.46. The van der Waals surface area contributed by atoms with E-state index in [2.05, 4.69) is 23.8 Å². The molecular formula is C18H24FN3O. The molecule has 1 saturated heterocycles. The van der Waals surface area contributed by atoms with E-state index in [4.69, 9.17) is 0 Å². The molecule has 5 heteroatoms. The number of imidazole rings is 1. The summed E-state index contributed by atoms with van der Waals surface area (Å²) >= 11 is 0. The molecule has 3 rings (SSSR count). The maximum atomic E-state index is 13.3. The first-order valence-corrected chi connectivity index (χ1v) is 8.56. The van der Waals surface area contributed by atoms with Gasteiger partial charge in [0.15, 0.2) is 0 Å². The van der Waals surface area contributed by atoms with Crippen molar-refractivity contribution in [3.8, 4) is 0 Å². The minimum Gasteiger partial charge on any atom is -0.342 e. The largest absolute Gasteiger partial charge is 0.342 e. The summed E-state index contributed by atoms with van der Waals surface area (Å²) < 4.78 is 13.3. The number of likely N-dealkylation sites (tertiary alicyclic amines) is 1. The zero-order valence-corrected chi connectivity index (χ0v) is 13.8. The van der Waals surface area contributed by atoms with Gasteiger partial charge in [0.25, 0.3) is 0 Å². The van der Waals surface area contributed by atoms with Crippen LogP contribution in [0.2, 0.25) is 0 Å². The quantitative estimate of drug-likeness (QED) is 0.931. The molecule has 1 fully saturated rings. The summed E-state index contributed by atoms with van der Waals surface area (Å²) in [4.78, 5) is 22.3. The number of benzene rings is 1. The van der Waals surface area contributed by atoms with Crippen LogP contribution in [0.4, 0.5) is 4.39 Å². The fourth-order valence-corrected chi connectivity index (χ4v) is 3.46. The Balaban J connectivity index is 1.67. The van der Waals surface area contributed by atoms with Crippen LogP contribution in [0.5, 0.6) is 0 Å². The number of piperidine rings is 1. The number of nitrogens with one attached hydrogen (secondary N) is 1. The van der Waals surface area contributed by atoms with Gasteiger partial charge in [-0.15, -0.1) is 0 Å². The van der Waals surface area contributed by atoms with Crippen molar-refractivity contribution in [3.05, 3.63) is 29.8 Å². The molecule has 1 aliphatic rings. The summed E-state index contributed by atoms with van der Waals surface area (Å²) in [7, 11) is 0. The van der Waals surface area contributed by atoms with Crippen LogP contribution in [0.15, 0.2) is 18.2 Å². The first-order chi connectivity index (χ1) is 11.1. The van der Waals surface area contributed by atoms with E-state index in [-0.39, 0.29) is 11.7 Å². The van der Waals surface area contributed by atoms with E-state index in [1.165, 1.54) is 12.1 Å². The van der Waals surface area contributed by atoms with Gasteiger partial charge in [0.1, 0.15) is 11.6 Å². The Morgan fingerprint density at radius 1 is 1.35 bits per heavy atom. The second kappa shape index (κ2) is 6.69. The monoisotopic (exact) mass is 317 g/mol. The third kappa shape index (κ3) is 3.23. The summed E-state index contributed by atoms with van der Waals surface area (Å²) in [6.07, 6.45) is 3.64. The van der Waals surface area contributed by atoms with E-state index in [9.17, 15) is 9.18 Å². The van der Waals surface area contributed by atoms with Gasteiger partial charge in [0.05, 0.1) is 11.0 Å². The maximum Gasteiger partial charge on any atom is 0.225 e. The number of hydrogen-bond acceptors (Lipinski definition) is 2. The van der Waals surface area contributed by atoms with Gasteiger partial charge in [0, 0.05) is 24.9 Å². The van der Waals surface area contributed by atoms with Gasteiger partial charge in [-0.2, -0.15) is 0 Å². The Hall–Kier alpha value is -1.91. The fraction of sp³-hybridized carbons (Fsp3) is 0.556. The van der Waals surface area contributed by atoms with Crippen molar-refractivity contribution in [1.29, 1.82) is 0 Å². The van der Waals surface area contributed by atoms with Gasteiger partial charge in [-0.1, -0.05) is 13.8 Å². The molecular weight excluding hydrogens is 293 g/mol. The minimum absolute atomic E-state index is 0.153. The van der Waals surface area contributed by atoms with Crippen molar-refractivity contribution in [1.82, 2.24) is 14.9 Å². The number of nitrogens with zero attached hydrogens (tertiary/aromatic N) is 2. The lowest BCUT2D eigenvalue weighted by Crippen LogP contribution is -2.41. The topological polar surface area (TPSA) is 49.0 Å². The Morgan fingerprint density at radius 3 is 2.70 bits per heavy atom. The number of fused-ring (bicyclic) bond motifs is 1. The highest BCUT2D eigenvalue weighted by molar-refractivity contribution is 5.79. The molecule has 0 radical (unpaired) electrons. The zero-order chi connectivity index (χ0) is 16.4. The summed E-state index contributed by atoms with van der Waals surface area (Å²) in [6.45, 7) is 5.72. The average molecular weight is 317 g/mol. The predicted molar refractivity (Wildman–Crippen MR) is 88.7 cm³/mol. The summed E-state index contributed by atoms with van der Waals surface area (Å²) in [6, 6.07) is 4.62. The number of aromatic amines is 1. The Labute approximate surface area is 136 Å². The third-order valence-corrected chi connectivity index (χ3v) is 4.99. The Morgan fingerprint density at radius 2 is 2.04 bits per heavy atom. The number of carbonyl (C=O) groups excluding carboxylic acids is 1. The lowest BCUT2D eigenvalue weighted by Gasteiger charge is -2.33. The van der Waals surface area contributed by atoms with E-state index >= 15 is 0 Å². The number of aromatic nitrogens is 2. The highest BCUT2D eigenvalue weighted by atomic mass is 19.1. The van der Waals surface area contributed by atoms with E-state index < -0.39 is 0 Å². The smallest absolute Gasteiger partial charge is 0.225 e. The maximum absolute atomic E-state index is 13.3. The van der Waals surface area contributed by atoms with Crippen LogP contribution in [-0.4, -0.2) is 33.9 Å². The third-order valence-electron chi connectivity index (χ3n) is 4.99. The van der Waals surface area contributed by atoms with Gasteiger partial charge in [-0.3, -0.25) is 4.79 Å². The zero-order valence-electron chi connectivity index (χ0n) is 13.8. The minimum atomic E-state index is -0.252. The van der Waals surface area contributed by atoms with Gasteiger partial charge in [-0.05, 0) is 43.9 Å². The van der Waals surface area contributed by atoms with Gasteiger partial charge in [0.2, 0.25) is 5.91 Å². The van der Waals surface area contributed by atoms with Crippen molar-refractivity contribution >= 4 is 16.9 Å². The molecule has 1 amide bonds. The molecule has 124 valence electrons. The molecule has 1 aromatic carbocycles. The molecule has 2 heterocycles. The molecule has 1 aliphatic heterocycles. The Bertz CT molecular complexity index is 685. The van der Waals surface area contributed by atoms with Crippen molar-refractivity contribution < 1.29 is 9.18 Å². The second-order valence-electron chi connectivity index (χ2n) is 6.40. The van der Waals surface area contributed by atoms with Crippen molar-refractivity contribution in [3.63, 3.8) is 0 Å². The van der Waals surface area contributed by atoms with E-state index in [1.807, 2.05) is 4.90 Å². The van der Waals surface area contributed by atoms with E-state index in [0.717, 1.165) is 55.6 Å². The van der Waals surface area contributed by atoms with Crippen LogP contribution in [-0.2, 0) is 4.79 Å². The highest BCUT2D eigenvalue weighted by Crippen LogP contribution is 2.29. The predicted octanol–water partition coefficient (Wildman–Crippen LogP) is 3.84. The summed E-state index contributed by atoms with van der Waals surface area (Å²) in [5.41, 5.74) is 1.55. The highest BCUT2D eigenvalue weighted by Gasteiger charge is 2.28. The molecule has 23 heavy (non-hydrogen) atoms. The van der Waals surface area contributed by atoms with Crippen LogP contribution in [0.1, 0.15) is 51.3 Å². The number of halogens is 1. The van der Waals surface area contributed by atoms with Crippen LogP contribution < -0.4 is 0 Å². The van der Waals surface area contributed by atoms with Crippen LogP contribution in [0, 0.1) is 11.7 Å². The molecule has 4 nitrogen and oxygen atoms in total. The van der Waals surface area contributed by atoms with Crippen LogP contribution >= 0.6 is 0 Å². The average Bonchev–Trinajstić information content (AvgIpc) is 2.99. The lowest BCUT2D eigenvalue weighted by atomic mass is 9.94. The summed E-state index contributed by atoms with van der Waals surface area (Å²) in [5.74, 6) is 1.43. The van der Waals surface area contributed by atoms with Crippen molar-refractivity contribution in [2.24, 2.45) is 5.92 Å². The number of H-pyrrole nitrogens is 1. The molecule has 0 atom stereocenters. The normalized spacial score (nSPS) is 16.4. The van der Waals surface area contributed by atoms with Gasteiger partial charge >= 0.3 is 0 Å². The molecule has 2 aromatic rings. The van der Waals surface area contributed by atoms with Crippen molar-refractivity contribution in [2.45, 2.75) is 45.4 Å². The molecule has 0 aliphatic carbocycles. The Kier molecular flexibility index (Phi) is 4.64. The number of amides is 1. The molecule has 0 spiro atoms. The number of carbonyl (C=O) groups is 1. The first kappa shape index (κ1) is 16.0. The van der Waals surface area contributed by atoms with Crippen LogP contribution in [0.3, 0.4) is 0 Å². The number of rotatable bonds is 4. The van der Waals surface area contributed by atoms with E-state index in [0.29, 0.717) is 11.8 Å². The molecule has 1 aromatic heterocycles. The van der Waals surface area contributed by atoms with Gasteiger partial charge < -0.3 is 9.88 Å². The standard InChI is InChI=1S/C18H24FN3O/c1-3-12(4-2)18(23)22-9-7-13(8-10-22)17-20-15-6-5-14(19)11-16(15)21-17/h5-6,11-13H,3-4,7-10H2,1-2H3,(H,20,21). The first-order valence-electron chi connectivity index (χ1n) is 8.56. The SMILES string of the molecule is CCC(CC)C(=O)N1CCC(c2nc3ccc(F)cc3[nH]2)CC1. The lowest BCUT2D eigenvalue weighted by molar-refractivity contribution is -0.136.